The van der Waals surface area contributed by atoms with Gasteiger partial charge in [0.15, 0.2) is 0 Å². The maximum Gasteiger partial charge on any atom is 0.224 e. The standard InChI is InChI=1S/C22H34N2O3/c1-17-9-10-19(3)20(15-17)27-14-5-4-8-21(25)23-12-11-22(26)24-13-6-7-18(2)16-24/h9-10,15,18H,4-8,11-14,16H2,1-3H3,(H,23,25). The molecule has 1 fully saturated rings. The summed E-state index contributed by atoms with van der Waals surface area (Å²) >= 11 is 0. The smallest absolute Gasteiger partial charge is 0.224 e. The van der Waals surface area contributed by atoms with Gasteiger partial charge in [-0.1, -0.05) is 19.1 Å². The minimum absolute atomic E-state index is 0.0153. The van der Waals surface area contributed by atoms with E-state index in [-0.39, 0.29) is 11.8 Å². The highest BCUT2D eigenvalue weighted by Gasteiger charge is 2.20. The van der Waals surface area contributed by atoms with Gasteiger partial charge in [0.1, 0.15) is 5.75 Å². The molecule has 1 aliphatic heterocycles. The molecule has 5 heteroatoms. The van der Waals surface area contributed by atoms with Crippen LogP contribution in [0.15, 0.2) is 18.2 Å². The maximum absolute atomic E-state index is 12.2. The van der Waals surface area contributed by atoms with E-state index in [1.807, 2.05) is 24.8 Å². The van der Waals surface area contributed by atoms with Gasteiger partial charge in [-0.2, -0.15) is 0 Å². The van der Waals surface area contributed by atoms with Gasteiger partial charge < -0.3 is 15.0 Å². The Bertz CT molecular complexity index is 630. The maximum atomic E-state index is 12.2. The van der Waals surface area contributed by atoms with Crippen molar-refractivity contribution in [2.24, 2.45) is 5.92 Å². The molecule has 0 spiro atoms. The van der Waals surface area contributed by atoms with E-state index in [4.69, 9.17) is 4.74 Å². The SMILES string of the molecule is Cc1ccc(C)c(OCCCCC(=O)NCCC(=O)N2CCCC(C)C2)c1. The molecule has 0 saturated carbocycles. The van der Waals surface area contributed by atoms with Crippen LogP contribution >= 0.6 is 0 Å². The van der Waals surface area contributed by atoms with Crippen LogP contribution in [0.5, 0.6) is 5.75 Å². The predicted molar refractivity (Wildman–Crippen MR) is 108 cm³/mol. The first-order valence-corrected chi connectivity index (χ1v) is 10.2. The van der Waals surface area contributed by atoms with Crippen LogP contribution in [0.2, 0.25) is 0 Å². The zero-order chi connectivity index (χ0) is 19.6. The molecule has 27 heavy (non-hydrogen) atoms. The lowest BCUT2D eigenvalue weighted by Gasteiger charge is -2.31. The van der Waals surface area contributed by atoms with Gasteiger partial charge in [0.05, 0.1) is 6.61 Å². The third-order valence-corrected chi connectivity index (χ3v) is 5.07. The van der Waals surface area contributed by atoms with Crippen molar-refractivity contribution < 1.29 is 14.3 Å². The number of amides is 2. The lowest BCUT2D eigenvalue weighted by atomic mass is 10.00. The Hall–Kier alpha value is -2.04. The third-order valence-electron chi connectivity index (χ3n) is 5.07. The van der Waals surface area contributed by atoms with E-state index in [1.54, 1.807) is 0 Å². The molecule has 0 aliphatic carbocycles. The van der Waals surface area contributed by atoms with Crippen molar-refractivity contribution in [3.05, 3.63) is 29.3 Å². The number of rotatable bonds is 9. The summed E-state index contributed by atoms with van der Waals surface area (Å²) in [4.78, 5) is 26.0. The lowest BCUT2D eigenvalue weighted by molar-refractivity contribution is -0.132. The average molecular weight is 375 g/mol. The molecular weight excluding hydrogens is 340 g/mol. The largest absolute Gasteiger partial charge is 0.493 e. The van der Waals surface area contributed by atoms with Crippen LogP contribution in [-0.4, -0.2) is 43.0 Å². The summed E-state index contributed by atoms with van der Waals surface area (Å²) in [7, 11) is 0. The van der Waals surface area contributed by atoms with Gasteiger partial charge in [-0.3, -0.25) is 9.59 Å². The van der Waals surface area contributed by atoms with Crippen LogP contribution in [0.1, 0.15) is 56.6 Å². The van der Waals surface area contributed by atoms with Gasteiger partial charge in [-0.05, 0) is 62.6 Å². The molecule has 1 atom stereocenters. The molecule has 5 nitrogen and oxygen atoms in total. The number of unbranched alkanes of at least 4 members (excludes halogenated alkanes) is 1. The number of hydrogen-bond acceptors (Lipinski definition) is 3. The number of nitrogens with one attached hydrogen (secondary N) is 1. The monoisotopic (exact) mass is 374 g/mol. The summed E-state index contributed by atoms with van der Waals surface area (Å²) < 4.78 is 5.81. The van der Waals surface area contributed by atoms with Gasteiger partial charge >= 0.3 is 0 Å². The summed E-state index contributed by atoms with van der Waals surface area (Å²) in [6.45, 7) is 9.03. The first-order valence-electron chi connectivity index (χ1n) is 10.2. The molecule has 0 aromatic heterocycles. The van der Waals surface area contributed by atoms with Crippen LogP contribution in [0.25, 0.3) is 0 Å². The normalized spacial score (nSPS) is 16.9. The second-order valence-electron chi connectivity index (χ2n) is 7.76. The van der Waals surface area contributed by atoms with Crippen molar-refractivity contribution in [3.8, 4) is 5.75 Å². The van der Waals surface area contributed by atoms with Crippen molar-refractivity contribution in [1.29, 1.82) is 0 Å². The number of benzene rings is 1. The predicted octanol–water partition coefficient (Wildman–Crippen LogP) is 3.62. The van der Waals surface area contributed by atoms with Crippen LogP contribution in [0.4, 0.5) is 0 Å². The Morgan fingerprint density at radius 3 is 2.81 bits per heavy atom. The molecule has 0 bridgehead atoms. The fourth-order valence-electron chi connectivity index (χ4n) is 3.40. The van der Waals surface area contributed by atoms with Crippen LogP contribution in [0.3, 0.4) is 0 Å². The summed E-state index contributed by atoms with van der Waals surface area (Å²) in [6.07, 6.45) is 4.79. The molecule has 0 radical (unpaired) electrons. The number of carbonyl (C=O) groups is 2. The van der Waals surface area contributed by atoms with E-state index in [2.05, 4.69) is 24.4 Å². The van der Waals surface area contributed by atoms with E-state index >= 15 is 0 Å². The Kier molecular flexibility index (Phi) is 8.62. The Morgan fingerprint density at radius 1 is 1.22 bits per heavy atom. The molecule has 1 N–H and O–H groups in total. The fraction of sp³-hybridized carbons (Fsp3) is 0.636. The van der Waals surface area contributed by atoms with E-state index in [0.717, 1.165) is 43.7 Å². The fourth-order valence-corrected chi connectivity index (χ4v) is 3.40. The second-order valence-corrected chi connectivity index (χ2v) is 7.76. The Labute approximate surface area is 163 Å². The quantitative estimate of drug-likeness (QED) is 0.672. The van der Waals surface area contributed by atoms with Crippen molar-refractivity contribution in [1.82, 2.24) is 10.2 Å². The Morgan fingerprint density at radius 2 is 2.04 bits per heavy atom. The highest BCUT2D eigenvalue weighted by Crippen LogP contribution is 2.19. The summed E-state index contributed by atoms with van der Waals surface area (Å²) in [5, 5.41) is 2.86. The van der Waals surface area contributed by atoms with E-state index in [1.165, 1.54) is 12.0 Å². The zero-order valence-electron chi connectivity index (χ0n) is 17.1. The van der Waals surface area contributed by atoms with Crippen LogP contribution in [-0.2, 0) is 9.59 Å². The molecule has 2 amide bonds. The molecule has 1 aliphatic rings. The van der Waals surface area contributed by atoms with Crippen LogP contribution < -0.4 is 10.1 Å². The average Bonchev–Trinajstić information content (AvgIpc) is 2.64. The van der Waals surface area contributed by atoms with Crippen molar-refractivity contribution in [2.75, 3.05) is 26.2 Å². The molecule has 1 saturated heterocycles. The zero-order valence-corrected chi connectivity index (χ0v) is 17.1. The van der Waals surface area contributed by atoms with Crippen molar-refractivity contribution in [2.45, 2.75) is 59.3 Å². The van der Waals surface area contributed by atoms with Gasteiger partial charge in [0.25, 0.3) is 0 Å². The molecular formula is C22H34N2O3. The minimum atomic E-state index is 0.0153. The van der Waals surface area contributed by atoms with E-state index < -0.39 is 0 Å². The lowest BCUT2D eigenvalue weighted by Crippen LogP contribution is -2.40. The van der Waals surface area contributed by atoms with Crippen LogP contribution in [0, 0.1) is 19.8 Å². The minimum Gasteiger partial charge on any atom is -0.493 e. The highest BCUT2D eigenvalue weighted by molar-refractivity contribution is 5.79. The summed E-state index contributed by atoms with van der Waals surface area (Å²) in [5.74, 6) is 1.68. The van der Waals surface area contributed by atoms with Gasteiger partial charge in [0, 0.05) is 32.5 Å². The number of piperidine rings is 1. The molecule has 1 heterocycles. The van der Waals surface area contributed by atoms with E-state index in [0.29, 0.717) is 31.9 Å². The molecule has 1 unspecified atom stereocenters. The number of hydrogen-bond donors (Lipinski definition) is 1. The summed E-state index contributed by atoms with van der Waals surface area (Å²) in [6, 6.07) is 6.18. The van der Waals surface area contributed by atoms with Gasteiger partial charge in [0.2, 0.25) is 11.8 Å². The van der Waals surface area contributed by atoms with Crippen molar-refractivity contribution in [3.63, 3.8) is 0 Å². The first-order chi connectivity index (χ1) is 13.0. The number of nitrogens with zero attached hydrogens (tertiary/aromatic N) is 1. The number of carbonyl (C=O) groups excluding carboxylic acids is 2. The highest BCUT2D eigenvalue weighted by atomic mass is 16.5. The Balaban J connectivity index is 1.53. The molecule has 1 aromatic rings. The molecule has 2 rings (SSSR count). The number of aryl methyl sites for hydroxylation is 2. The van der Waals surface area contributed by atoms with Crippen molar-refractivity contribution >= 4 is 11.8 Å². The van der Waals surface area contributed by atoms with Gasteiger partial charge in [-0.25, -0.2) is 0 Å². The van der Waals surface area contributed by atoms with E-state index in [9.17, 15) is 9.59 Å². The number of ether oxygens (including phenoxy) is 1. The summed E-state index contributed by atoms with van der Waals surface area (Å²) in [5.41, 5.74) is 2.31. The first kappa shape index (κ1) is 21.3. The molecule has 1 aromatic carbocycles. The number of likely N-dealkylation sites (tertiary alicyclic amines) is 1. The third kappa shape index (κ3) is 7.61. The topological polar surface area (TPSA) is 58.6 Å². The molecule has 150 valence electrons. The van der Waals surface area contributed by atoms with Gasteiger partial charge in [-0.15, -0.1) is 0 Å². The second kappa shape index (κ2) is 11.0.